The normalized spacial score (nSPS) is 15.3. The monoisotopic (exact) mass is 493 g/mol. The summed E-state index contributed by atoms with van der Waals surface area (Å²) in [6.07, 6.45) is 0. The molecule has 0 saturated heterocycles. The molecule has 0 fully saturated rings. The van der Waals surface area contributed by atoms with Crippen LogP contribution in [0, 0.1) is 0 Å². The molecule has 2 heteroatoms. The summed E-state index contributed by atoms with van der Waals surface area (Å²) in [4.78, 5) is 2.30. The molecule has 0 unspecified atom stereocenters. The second kappa shape index (κ2) is 8.10. The van der Waals surface area contributed by atoms with Gasteiger partial charge >= 0.3 is 0 Å². The van der Waals surface area contributed by atoms with Gasteiger partial charge in [-0.25, -0.2) is 0 Å². The first-order valence-electron chi connectivity index (χ1n) is 13.4. The molecule has 7 rings (SSSR count). The van der Waals surface area contributed by atoms with Gasteiger partial charge in [-0.15, -0.1) is 0 Å². The van der Waals surface area contributed by atoms with Gasteiger partial charge in [0.05, 0.1) is 0 Å². The average molecular weight is 494 g/mol. The van der Waals surface area contributed by atoms with Gasteiger partial charge in [0, 0.05) is 27.8 Å². The van der Waals surface area contributed by atoms with Gasteiger partial charge in [0.25, 0.3) is 0 Å². The first-order chi connectivity index (χ1) is 18.4. The van der Waals surface area contributed by atoms with E-state index >= 15 is 0 Å². The molecule has 0 atom stereocenters. The maximum absolute atomic E-state index is 6.50. The molecule has 0 spiro atoms. The summed E-state index contributed by atoms with van der Waals surface area (Å²) in [6.45, 7) is 9.47. The van der Waals surface area contributed by atoms with Crippen molar-refractivity contribution in [3.8, 4) is 11.1 Å². The number of para-hydroxylation sites is 2. The van der Waals surface area contributed by atoms with Crippen LogP contribution in [0.4, 0.5) is 17.1 Å². The fourth-order valence-corrected chi connectivity index (χ4v) is 6.23. The molecular formula is C36H31NO. The van der Waals surface area contributed by atoms with E-state index < -0.39 is 0 Å². The molecule has 0 aliphatic heterocycles. The number of benzene rings is 5. The van der Waals surface area contributed by atoms with E-state index in [1.165, 1.54) is 22.3 Å². The number of hydrogen-bond acceptors (Lipinski definition) is 2. The lowest BCUT2D eigenvalue weighted by Crippen LogP contribution is -2.43. The lowest BCUT2D eigenvalue weighted by Gasteiger charge is -2.48. The van der Waals surface area contributed by atoms with Gasteiger partial charge in [-0.2, -0.15) is 0 Å². The Kier molecular flexibility index (Phi) is 4.87. The molecule has 1 aromatic heterocycles. The third-order valence-corrected chi connectivity index (χ3v) is 9.01. The van der Waals surface area contributed by atoms with E-state index in [9.17, 15) is 0 Å². The Balaban J connectivity index is 1.48. The van der Waals surface area contributed by atoms with Crippen molar-refractivity contribution in [2.75, 3.05) is 4.90 Å². The second-order valence-corrected chi connectivity index (χ2v) is 11.5. The average Bonchev–Trinajstić information content (AvgIpc) is 3.30. The van der Waals surface area contributed by atoms with E-state index in [4.69, 9.17) is 4.42 Å². The lowest BCUT2D eigenvalue weighted by molar-refractivity contribution is 0.299. The molecule has 1 aliphatic carbocycles. The van der Waals surface area contributed by atoms with Gasteiger partial charge in [-0.05, 0) is 87.7 Å². The van der Waals surface area contributed by atoms with Crippen molar-refractivity contribution in [1.82, 2.24) is 0 Å². The number of fused-ring (bicyclic) bond motifs is 6. The zero-order valence-electron chi connectivity index (χ0n) is 22.3. The zero-order valence-corrected chi connectivity index (χ0v) is 22.3. The van der Waals surface area contributed by atoms with Gasteiger partial charge in [0.1, 0.15) is 11.2 Å². The highest BCUT2D eigenvalue weighted by molar-refractivity contribution is 6.08. The van der Waals surface area contributed by atoms with Crippen molar-refractivity contribution in [3.05, 3.63) is 126 Å². The van der Waals surface area contributed by atoms with Crippen LogP contribution in [0.5, 0.6) is 0 Å². The fourth-order valence-electron chi connectivity index (χ4n) is 6.23. The third kappa shape index (κ3) is 3.20. The number of furan rings is 1. The SMILES string of the molecule is CC1(C)c2ccccc2-c2cc3c(cc2C1(C)C)oc1ccc(N(c2ccccc2)c2ccccc2)cc13. The first kappa shape index (κ1) is 22.9. The molecule has 5 aromatic carbocycles. The van der Waals surface area contributed by atoms with Gasteiger partial charge in [-0.3, -0.25) is 0 Å². The van der Waals surface area contributed by atoms with Crippen LogP contribution in [-0.2, 0) is 10.8 Å². The highest BCUT2D eigenvalue weighted by Gasteiger charge is 2.46. The first-order valence-corrected chi connectivity index (χ1v) is 13.4. The summed E-state index contributed by atoms with van der Waals surface area (Å²) in [5, 5.41) is 2.30. The Morgan fingerprint density at radius 1 is 0.474 bits per heavy atom. The van der Waals surface area contributed by atoms with Crippen molar-refractivity contribution in [1.29, 1.82) is 0 Å². The van der Waals surface area contributed by atoms with Gasteiger partial charge in [0.2, 0.25) is 0 Å². The second-order valence-electron chi connectivity index (χ2n) is 11.5. The topological polar surface area (TPSA) is 16.4 Å². The molecule has 2 nitrogen and oxygen atoms in total. The molecule has 0 bridgehead atoms. The summed E-state index contributed by atoms with van der Waals surface area (Å²) < 4.78 is 6.50. The van der Waals surface area contributed by atoms with Crippen LogP contribution in [0.1, 0.15) is 38.8 Å². The van der Waals surface area contributed by atoms with E-state index in [1.807, 2.05) is 0 Å². The predicted octanol–water partition coefficient (Wildman–Crippen LogP) is 10.3. The summed E-state index contributed by atoms with van der Waals surface area (Å²) in [5.74, 6) is 0. The number of rotatable bonds is 3. The molecule has 0 saturated carbocycles. The standard InChI is InChI=1S/C36H31NO/c1-35(2)31-18-12-11-17-27(31)28-22-30-29-21-26(19-20-33(29)38-34(30)23-32(28)36(35,3)4)37(24-13-7-5-8-14-24)25-15-9-6-10-16-25/h5-23H,1-4H3. The maximum atomic E-state index is 6.50. The van der Waals surface area contributed by atoms with Gasteiger partial charge < -0.3 is 9.32 Å². The molecule has 186 valence electrons. The quantitative estimate of drug-likeness (QED) is 0.244. The van der Waals surface area contributed by atoms with E-state index in [0.717, 1.165) is 39.0 Å². The van der Waals surface area contributed by atoms with Crippen LogP contribution in [0.15, 0.2) is 120 Å². The van der Waals surface area contributed by atoms with E-state index in [1.54, 1.807) is 0 Å². The van der Waals surface area contributed by atoms with Gasteiger partial charge in [0.15, 0.2) is 0 Å². The van der Waals surface area contributed by atoms with Crippen LogP contribution < -0.4 is 4.90 Å². The van der Waals surface area contributed by atoms with Crippen LogP contribution in [0.2, 0.25) is 0 Å². The lowest BCUT2D eigenvalue weighted by atomic mass is 9.55. The molecule has 1 aliphatic rings. The fraction of sp³-hybridized carbons (Fsp3) is 0.167. The highest BCUT2D eigenvalue weighted by Crippen LogP contribution is 2.55. The summed E-state index contributed by atoms with van der Waals surface area (Å²) in [7, 11) is 0. The third-order valence-electron chi connectivity index (χ3n) is 9.01. The summed E-state index contributed by atoms with van der Waals surface area (Å²) in [6, 6.07) is 41.2. The number of nitrogens with zero attached hydrogens (tertiary/aromatic N) is 1. The van der Waals surface area contributed by atoms with Crippen molar-refractivity contribution < 1.29 is 4.42 Å². The smallest absolute Gasteiger partial charge is 0.135 e. The minimum atomic E-state index is -0.0492. The molecule has 6 aromatic rings. The number of anilines is 3. The number of hydrogen-bond donors (Lipinski definition) is 0. The van der Waals surface area contributed by atoms with Crippen LogP contribution >= 0.6 is 0 Å². The molecule has 0 amide bonds. The Hall–Kier alpha value is -4.30. The largest absolute Gasteiger partial charge is 0.456 e. The van der Waals surface area contributed by atoms with E-state index in [-0.39, 0.29) is 10.8 Å². The van der Waals surface area contributed by atoms with Crippen molar-refractivity contribution >= 4 is 39.0 Å². The molecule has 0 radical (unpaired) electrons. The summed E-state index contributed by atoms with van der Waals surface area (Å²) >= 11 is 0. The van der Waals surface area contributed by atoms with Crippen molar-refractivity contribution in [3.63, 3.8) is 0 Å². The molecule has 38 heavy (non-hydrogen) atoms. The van der Waals surface area contributed by atoms with Crippen LogP contribution in [0.25, 0.3) is 33.1 Å². The minimum Gasteiger partial charge on any atom is -0.456 e. The van der Waals surface area contributed by atoms with Crippen molar-refractivity contribution in [2.24, 2.45) is 0 Å². The molecular weight excluding hydrogens is 462 g/mol. The molecule has 0 N–H and O–H groups in total. The Morgan fingerprint density at radius 3 is 1.74 bits per heavy atom. The summed E-state index contributed by atoms with van der Waals surface area (Å²) in [5.41, 5.74) is 10.6. The highest BCUT2D eigenvalue weighted by atomic mass is 16.3. The zero-order chi connectivity index (χ0) is 26.1. The Labute approximate surface area is 224 Å². The Bertz CT molecular complexity index is 1770. The molecule has 1 heterocycles. The predicted molar refractivity (Wildman–Crippen MR) is 160 cm³/mol. The van der Waals surface area contributed by atoms with Crippen LogP contribution in [-0.4, -0.2) is 0 Å². The minimum absolute atomic E-state index is 0.00464. The van der Waals surface area contributed by atoms with Gasteiger partial charge in [-0.1, -0.05) is 88.4 Å². The van der Waals surface area contributed by atoms with Crippen molar-refractivity contribution in [2.45, 2.75) is 38.5 Å². The Morgan fingerprint density at radius 2 is 1.05 bits per heavy atom. The van der Waals surface area contributed by atoms with Crippen LogP contribution in [0.3, 0.4) is 0 Å². The van der Waals surface area contributed by atoms with E-state index in [2.05, 4.69) is 148 Å². The maximum Gasteiger partial charge on any atom is 0.135 e. The van der Waals surface area contributed by atoms with E-state index in [0.29, 0.717) is 0 Å².